The van der Waals surface area contributed by atoms with Crippen molar-refractivity contribution < 1.29 is 9.47 Å². The molecule has 45 heavy (non-hydrogen) atoms. The Morgan fingerprint density at radius 1 is 0.778 bits per heavy atom. The van der Waals surface area contributed by atoms with Crippen molar-refractivity contribution >= 4 is 16.7 Å². The Hall–Kier alpha value is -4.94. The molecule has 3 heterocycles. The van der Waals surface area contributed by atoms with E-state index >= 15 is 0 Å². The Bertz CT molecular complexity index is 1770. The molecule has 0 N–H and O–H groups in total. The van der Waals surface area contributed by atoms with Gasteiger partial charge in [-0.05, 0) is 60.4 Å². The normalized spacial score (nSPS) is 14.4. The molecule has 1 aliphatic rings. The fraction of sp³-hybridized carbons (Fsp3) is 0.231. The number of pyridine rings is 1. The predicted octanol–water partition coefficient (Wildman–Crippen LogP) is 7.95. The van der Waals surface area contributed by atoms with Gasteiger partial charge in [0.2, 0.25) is 0 Å². The summed E-state index contributed by atoms with van der Waals surface area (Å²) in [7, 11) is 0. The van der Waals surface area contributed by atoms with Gasteiger partial charge in [0.05, 0.1) is 24.8 Å². The first-order valence-corrected chi connectivity index (χ1v) is 15.8. The highest BCUT2D eigenvalue weighted by molar-refractivity contribution is 5.95. The Balaban J connectivity index is 1.54. The van der Waals surface area contributed by atoms with E-state index in [2.05, 4.69) is 145 Å². The summed E-state index contributed by atoms with van der Waals surface area (Å²) in [5.74, 6) is 1.77. The van der Waals surface area contributed by atoms with Gasteiger partial charge < -0.3 is 14.4 Å². The summed E-state index contributed by atoms with van der Waals surface area (Å²) in [5, 5.41) is 6.61. The molecule has 7 rings (SSSR count). The third-order valence-corrected chi connectivity index (χ3v) is 8.81. The van der Waals surface area contributed by atoms with E-state index in [0.29, 0.717) is 13.2 Å². The van der Waals surface area contributed by atoms with Gasteiger partial charge in [-0.15, -0.1) is 0 Å². The zero-order chi connectivity index (χ0) is 30.6. The first-order chi connectivity index (χ1) is 22.2. The minimum Gasteiger partial charge on any atom is -0.491 e. The average molecular weight is 595 g/mol. The number of ether oxygens (including phenoxy) is 2. The van der Waals surface area contributed by atoms with Crippen LogP contribution in [0.25, 0.3) is 22.2 Å². The van der Waals surface area contributed by atoms with E-state index < -0.39 is 5.54 Å². The number of hydrogen-bond acceptors (Lipinski definition) is 5. The first kappa shape index (κ1) is 28.8. The van der Waals surface area contributed by atoms with Crippen LogP contribution in [0.2, 0.25) is 0 Å². The Kier molecular flexibility index (Phi) is 8.05. The third-order valence-electron chi connectivity index (χ3n) is 8.81. The molecule has 6 aromatic rings. The molecule has 1 fully saturated rings. The van der Waals surface area contributed by atoms with E-state index in [1.165, 1.54) is 0 Å². The fourth-order valence-corrected chi connectivity index (χ4v) is 6.39. The molecule has 6 heteroatoms. The molecule has 1 saturated heterocycles. The van der Waals surface area contributed by atoms with Gasteiger partial charge in [0, 0.05) is 30.2 Å². The van der Waals surface area contributed by atoms with Crippen molar-refractivity contribution in [2.24, 2.45) is 0 Å². The van der Waals surface area contributed by atoms with Crippen LogP contribution in [0, 0.1) is 0 Å². The number of hydrogen-bond donors (Lipinski definition) is 0. The lowest BCUT2D eigenvalue weighted by Crippen LogP contribution is -2.38. The first-order valence-electron chi connectivity index (χ1n) is 15.8. The van der Waals surface area contributed by atoms with Gasteiger partial charge >= 0.3 is 0 Å². The second kappa shape index (κ2) is 12.6. The molecule has 6 nitrogen and oxygen atoms in total. The molecule has 1 aliphatic heterocycles. The molecular weight excluding hydrogens is 556 g/mol. The zero-order valence-corrected chi connectivity index (χ0v) is 25.8. The molecule has 0 radical (unpaired) electrons. The maximum absolute atomic E-state index is 6.36. The summed E-state index contributed by atoms with van der Waals surface area (Å²) < 4.78 is 14.2. The number of nitrogens with zero attached hydrogens (tertiary/aromatic N) is 4. The molecule has 1 atom stereocenters. The Morgan fingerprint density at radius 3 is 1.96 bits per heavy atom. The van der Waals surface area contributed by atoms with Gasteiger partial charge in [-0.1, -0.05) is 97.9 Å². The molecule has 2 aromatic heterocycles. The Labute approximate surface area is 264 Å². The smallest absolute Gasteiger partial charge is 0.138 e. The molecule has 0 aliphatic carbocycles. The fourth-order valence-electron chi connectivity index (χ4n) is 6.39. The lowest BCUT2D eigenvalue weighted by molar-refractivity contribution is 0.122. The van der Waals surface area contributed by atoms with Crippen molar-refractivity contribution in [1.82, 2.24) is 14.8 Å². The number of anilines is 1. The van der Waals surface area contributed by atoms with E-state index in [0.717, 1.165) is 69.9 Å². The van der Waals surface area contributed by atoms with E-state index in [1.807, 2.05) is 6.20 Å². The van der Waals surface area contributed by atoms with Crippen LogP contribution in [0.3, 0.4) is 0 Å². The van der Waals surface area contributed by atoms with Crippen LogP contribution in [0.5, 0.6) is 5.75 Å². The van der Waals surface area contributed by atoms with Crippen molar-refractivity contribution in [2.75, 3.05) is 31.2 Å². The molecule has 0 saturated carbocycles. The van der Waals surface area contributed by atoms with E-state index in [-0.39, 0.29) is 6.10 Å². The monoisotopic (exact) mass is 594 g/mol. The van der Waals surface area contributed by atoms with Crippen molar-refractivity contribution in [3.05, 3.63) is 144 Å². The molecule has 4 aromatic carbocycles. The van der Waals surface area contributed by atoms with Crippen LogP contribution in [0.4, 0.5) is 5.82 Å². The summed E-state index contributed by atoms with van der Waals surface area (Å²) in [5.41, 5.74) is 5.55. The minimum absolute atomic E-state index is 0.104. The maximum Gasteiger partial charge on any atom is 0.138 e. The van der Waals surface area contributed by atoms with Crippen molar-refractivity contribution in [1.29, 1.82) is 0 Å². The van der Waals surface area contributed by atoms with Crippen LogP contribution in [0.15, 0.2) is 128 Å². The quantitative estimate of drug-likeness (QED) is 0.159. The summed E-state index contributed by atoms with van der Waals surface area (Å²) in [6.45, 7) is 7.29. The van der Waals surface area contributed by atoms with Crippen molar-refractivity contribution in [2.45, 2.75) is 31.9 Å². The number of morpholine rings is 1. The lowest BCUT2D eigenvalue weighted by atomic mass is 9.77. The molecule has 0 spiro atoms. The van der Waals surface area contributed by atoms with Gasteiger partial charge in [-0.3, -0.25) is 0 Å². The highest BCUT2D eigenvalue weighted by Gasteiger charge is 2.41. The minimum atomic E-state index is -0.751. The van der Waals surface area contributed by atoms with E-state index in [4.69, 9.17) is 19.6 Å². The maximum atomic E-state index is 6.36. The van der Waals surface area contributed by atoms with Crippen LogP contribution >= 0.6 is 0 Å². The predicted molar refractivity (Wildman–Crippen MR) is 181 cm³/mol. The summed E-state index contributed by atoms with van der Waals surface area (Å²) in [6, 6.07) is 42.7. The van der Waals surface area contributed by atoms with Crippen LogP contribution < -0.4 is 9.64 Å². The molecular formula is C39H38N4O2. The Morgan fingerprint density at radius 2 is 1.38 bits per heavy atom. The summed E-state index contributed by atoms with van der Waals surface area (Å²) >= 11 is 0. The van der Waals surface area contributed by atoms with Gasteiger partial charge in [-0.2, -0.15) is 5.10 Å². The van der Waals surface area contributed by atoms with Gasteiger partial charge in [0.1, 0.15) is 22.8 Å². The second-order valence-corrected chi connectivity index (χ2v) is 11.6. The summed E-state index contributed by atoms with van der Waals surface area (Å²) in [4.78, 5) is 7.03. The highest BCUT2D eigenvalue weighted by atomic mass is 16.5. The van der Waals surface area contributed by atoms with Crippen LogP contribution in [0.1, 0.15) is 37.0 Å². The number of benzene rings is 4. The molecule has 226 valence electrons. The number of rotatable bonds is 9. The van der Waals surface area contributed by atoms with Crippen LogP contribution in [-0.2, 0) is 10.3 Å². The topological polar surface area (TPSA) is 52.4 Å². The average Bonchev–Trinajstić information content (AvgIpc) is 3.49. The standard InChI is InChI=1S/C39H38N4O2/c1-3-29(2)45-34-19-20-36-35(28-34)38(30-21-22-40-37(27-30)42-23-25-44-26-24-42)41-43(36)39(31-13-7-4-8-14-31,32-15-9-5-10-16-32)33-17-11-6-12-18-33/h4-22,27-29H,3,23-26H2,1-2H3. The zero-order valence-electron chi connectivity index (χ0n) is 25.8. The third kappa shape index (κ3) is 5.36. The number of aromatic nitrogens is 3. The van der Waals surface area contributed by atoms with E-state index in [9.17, 15) is 0 Å². The van der Waals surface area contributed by atoms with E-state index in [1.54, 1.807) is 0 Å². The molecule has 0 bridgehead atoms. The highest BCUT2D eigenvalue weighted by Crippen LogP contribution is 2.44. The largest absolute Gasteiger partial charge is 0.491 e. The van der Waals surface area contributed by atoms with Gasteiger partial charge in [0.25, 0.3) is 0 Å². The summed E-state index contributed by atoms with van der Waals surface area (Å²) in [6.07, 6.45) is 2.92. The number of fused-ring (bicyclic) bond motifs is 1. The molecule has 1 unspecified atom stereocenters. The van der Waals surface area contributed by atoms with Gasteiger partial charge in [-0.25, -0.2) is 9.67 Å². The molecule has 0 amide bonds. The lowest BCUT2D eigenvalue weighted by Gasteiger charge is -2.37. The SMILES string of the molecule is CCC(C)Oc1ccc2c(c1)c(-c1ccnc(N3CCOCC3)c1)nn2C(c1ccccc1)(c1ccccc1)c1ccccc1. The second-order valence-electron chi connectivity index (χ2n) is 11.6. The van der Waals surface area contributed by atoms with Crippen molar-refractivity contribution in [3.63, 3.8) is 0 Å². The van der Waals surface area contributed by atoms with Gasteiger partial charge in [0.15, 0.2) is 0 Å². The van der Waals surface area contributed by atoms with Crippen molar-refractivity contribution in [3.8, 4) is 17.0 Å². The van der Waals surface area contributed by atoms with Crippen LogP contribution in [-0.4, -0.2) is 47.2 Å².